The summed E-state index contributed by atoms with van der Waals surface area (Å²) in [5.41, 5.74) is 5.49. The number of H-pyrrole nitrogens is 1. The molecule has 0 fully saturated rings. The number of carbonyl (C=O) groups excluding carboxylic acids is 2. The van der Waals surface area contributed by atoms with Crippen LogP contribution in [0.3, 0.4) is 0 Å². The molecule has 1 heterocycles. The van der Waals surface area contributed by atoms with E-state index >= 15 is 0 Å². The number of urea groups is 1. The molecule has 0 unspecified atom stereocenters. The van der Waals surface area contributed by atoms with Crippen molar-refractivity contribution in [2.45, 2.75) is 18.9 Å². The second-order valence-corrected chi connectivity index (χ2v) is 3.79. The number of nitrogens with two attached hydrogens (primary N) is 1. The van der Waals surface area contributed by atoms with E-state index in [1.165, 1.54) is 12.5 Å². The maximum absolute atomic E-state index is 11.4. The van der Waals surface area contributed by atoms with E-state index < -0.39 is 23.9 Å². The first-order chi connectivity index (χ1) is 8.99. The van der Waals surface area contributed by atoms with Crippen LogP contribution < -0.4 is 16.4 Å². The number of nitrogens with one attached hydrogen (secondary N) is 3. The van der Waals surface area contributed by atoms with Crippen molar-refractivity contribution in [3.63, 3.8) is 0 Å². The lowest BCUT2D eigenvalue weighted by molar-refractivity contribution is -0.139. The number of hydrogen-bond donors (Lipinski definition) is 5. The second kappa shape index (κ2) is 6.99. The van der Waals surface area contributed by atoms with E-state index in [0.29, 0.717) is 5.69 Å². The fourth-order valence-electron chi connectivity index (χ4n) is 1.32. The first-order valence-corrected chi connectivity index (χ1v) is 5.51. The van der Waals surface area contributed by atoms with Gasteiger partial charge in [0, 0.05) is 31.3 Å². The molecule has 0 spiro atoms. The van der Waals surface area contributed by atoms with Crippen molar-refractivity contribution in [2.75, 3.05) is 6.54 Å². The van der Waals surface area contributed by atoms with Gasteiger partial charge in [-0.3, -0.25) is 4.79 Å². The van der Waals surface area contributed by atoms with Crippen molar-refractivity contribution in [1.82, 2.24) is 20.6 Å². The summed E-state index contributed by atoms with van der Waals surface area (Å²) < 4.78 is 0. The van der Waals surface area contributed by atoms with Crippen molar-refractivity contribution < 1.29 is 19.5 Å². The number of carboxylic acid groups (broad SMARTS) is 1. The van der Waals surface area contributed by atoms with Crippen LogP contribution in [0.15, 0.2) is 12.5 Å². The highest BCUT2D eigenvalue weighted by Crippen LogP contribution is 1.98. The summed E-state index contributed by atoms with van der Waals surface area (Å²) in [5.74, 6) is -1.72. The molecule has 1 rings (SSSR count). The van der Waals surface area contributed by atoms with Gasteiger partial charge in [-0.05, 0) is 0 Å². The van der Waals surface area contributed by atoms with E-state index in [2.05, 4.69) is 20.6 Å². The summed E-state index contributed by atoms with van der Waals surface area (Å²) in [6, 6.07) is -1.76. The molecule has 1 aromatic rings. The van der Waals surface area contributed by atoms with Gasteiger partial charge in [0.25, 0.3) is 0 Å². The zero-order chi connectivity index (χ0) is 14.3. The Balaban J connectivity index is 2.42. The minimum Gasteiger partial charge on any atom is -0.480 e. The third-order valence-electron chi connectivity index (χ3n) is 2.24. The van der Waals surface area contributed by atoms with Gasteiger partial charge < -0.3 is 26.5 Å². The SMILES string of the molecule is NC(=O)CCNC(=O)N[C@H](Cc1cnc[nH]1)C(=O)O. The third kappa shape index (κ3) is 5.52. The van der Waals surface area contributed by atoms with E-state index in [4.69, 9.17) is 10.8 Å². The van der Waals surface area contributed by atoms with Crippen LogP contribution in [0.25, 0.3) is 0 Å². The Hall–Kier alpha value is -2.58. The molecule has 0 aliphatic rings. The van der Waals surface area contributed by atoms with E-state index in [-0.39, 0.29) is 19.4 Å². The molecule has 104 valence electrons. The van der Waals surface area contributed by atoms with Crippen molar-refractivity contribution in [3.8, 4) is 0 Å². The van der Waals surface area contributed by atoms with Crippen molar-refractivity contribution in [2.24, 2.45) is 5.73 Å². The zero-order valence-electron chi connectivity index (χ0n) is 10.0. The van der Waals surface area contributed by atoms with Gasteiger partial charge in [0.05, 0.1) is 6.33 Å². The molecule has 0 saturated carbocycles. The van der Waals surface area contributed by atoms with Crippen LogP contribution in [0.2, 0.25) is 0 Å². The first-order valence-electron chi connectivity index (χ1n) is 5.51. The third-order valence-corrected chi connectivity index (χ3v) is 2.24. The number of aromatic amines is 1. The highest BCUT2D eigenvalue weighted by Gasteiger charge is 2.20. The standard InChI is InChI=1S/C10H15N5O4/c11-8(16)1-2-13-10(19)15-7(9(17)18)3-6-4-12-5-14-6/h4-5,7H,1-3H2,(H2,11,16)(H,12,14)(H,17,18)(H2,13,15,19)/t7-/m1/s1. The molecule has 0 aliphatic carbocycles. The zero-order valence-corrected chi connectivity index (χ0v) is 10.0. The summed E-state index contributed by atoms with van der Waals surface area (Å²) in [4.78, 5) is 39.4. The Labute approximate surface area is 108 Å². The second-order valence-electron chi connectivity index (χ2n) is 3.79. The average Bonchev–Trinajstić information content (AvgIpc) is 2.80. The predicted octanol–water partition coefficient (Wildman–Crippen LogP) is -1.42. The number of rotatable bonds is 7. The van der Waals surface area contributed by atoms with E-state index in [1.54, 1.807) is 0 Å². The molecule has 0 aromatic carbocycles. The molecule has 6 N–H and O–H groups in total. The van der Waals surface area contributed by atoms with Crippen LogP contribution in [0, 0.1) is 0 Å². The number of carbonyl (C=O) groups is 3. The average molecular weight is 269 g/mol. The van der Waals surface area contributed by atoms with Crippen LogP contribution >= 0.6 is 0 Å². The van der Waals surface area contributed by atoms with Gasteiger partial charge in [-0.15, -0.1) is 0 Å². The molecular formula is C10H15N5O4. The van der Waals surface area contributed by atoms with Gasteiger partial charge in [-0.2, -0.15) is 0 Å². The maximum atomic E-state index is 11.4. The number of hydrogen-bond acceptors (Lipinski definition) is 4. The summed E-state index contributed by atoms with van der Waals surface area (Å²) in [7, 11) is 0. The fraction of sp³-hybridized carbons (Fsp3) is 0.400. The molecule has 1 atom stereocenters. The molecule has 0 radical (unpaired) electrons. The van der Waals surface area contributed by atoms with E-state index in [9.17, 15) is 14.4 Å². The van der Waals surface area contributed by atoms with Crippen LogP contribution in [0.4, 0.5) is 4.79 Å². The monoisotopic (exact) mass is 269 g/mol. The topological polar surface area (TPSA) is 150 Å². The normalized spacial score (nSPS) is 11.6. The summed E-state index contributed by atoms with van der Waals surface area (Å²) in [6.45, 7) is 0.0531. The van der Waals surface area contributed by atoms with Crippen LogP contribution in [0.1, 0.15) is 12.1 Å². The quantitative estimate of drug-likeness (QED) is 0.411. The highest BCUT2D eigenvalue weighted by molar-refractivity contribution is 5.83. The lowest BCUT2D eigenvalue weighted by atomic mass is 10.2. The van der Waals surface area contributed by atoms with E-state index in [0.717, 1.165) is 0 Å². The molecule has 19 heavy (non-hydrogen) atoms. The number of aliphatic carboxylic acids is 1. The molecule has 9 nitrogen and oxygen atoms in total. The molecule has 0 saturated heterocycles. The largest absolute Gasteiger partial charge is 0.480 e. The number of nitrogens with zero attached hydrogens (tertiary/aromatic N) is 1. The number of aromatic nitrogens is 2. The van der Waals surface area contributed by atoms with E-state index in [1.807, 2.05) is 0 Å². The first kappa shape index (κ1) is 14.5. The molecule has 0 bridgehead atoms. The molecule has 9 heteroatoms. The number of amides is 3. The molecular weight excluding hydrogens is 254 g/mol. The molecule has 1 aromatic heterocycles. The van der Waals surface area contributed by atoms with Gasteiger partial charge in [0.1, 0.15) is 6.04 Å². The van der Waals surface area contributed by atoms with Crippen LogP contribution in [-0.2, 0) is 16.0 Å². The van der Waals surface area contributed by atoms with Gasteiger partial charge in [-0.1, -0.05) is 0 Å². The fourth-order valence-corrected chi connectivity index (χ4v) is 1.32. The van der Waals surface area contributed by atoms with Crippen LogP contribution in [0.5, 0.6) is 0 Å². The van der Waals surface area contributed by atoms with Gasteiger partial charge in [0.2, 0.25) is 5.91 Å². The van der Waals surface area contributed by atoms with Gasteiger partial charge in [0.15, 0.2) is 0 Å². The minimum atomic E-state index is -1.17. The lowest BCUT2D eigenvalue weighted by Gasteiger charge is -2.14. The minimum absolute atomic E-state index is 0.00823. The predicted molar refractivity (Wildman–Crippen MR) is 64.1 cm³/mol. The summed E-state index contributed by atoms with van der Waals surface area (Å²) >= 11 is 0. The molecule has 3 amide bonds. The van der Waals surface area contributed by atoms with Gasteiger partial charge >= 0.3 is 12.0 Å². The lowest BCUT2D eigenvalue weighted by Crippen LogP contribution is -2.47. The highest BCUT2D eigenvalue weighted by atomic mass is 16.4. The summed E-state index contributed by atoms with van der Waals surface area (Å²) in [6.07, 6.45) is 2.97. The Bertz CT molecular complexity index is 445. The maximum Gasteiger partial charge on any atom is 0.326 e. The Morgan fingerprint density at radius 1 is 1.47 bits per heavy atom. The Morgan fingerprint density at radius 3 is 2.74 bits per heavy atom. The van der Waals surface area contributed by atoms with Crippen LogP contribution in [-0.4, -0.2) is 45.6 Å². The smallest absolute Gasteiger partial charge is 0.326 e. The number of carboxylic acids is 1. The van der Waals surface area contributed by atoms with Crippen molar-refractivity contribution >= 4 is 17.9 Å². The number of imidazole rings is 1. The van der Waals surface area contributed by atoms with Gasteiger partial charge in [-0.25, -0.2) is 14.6 Å². The Kier molecular flexibility index (Phi) is 5.33. The summed E-state index contributed by atoms with van der Waals surface area (Å²) in [5, 5.41) is 13.6. The Morgan fingerprint density at radius 2 is 2.21 bits per heavy atom. The molecule has 0 aliphatic heterocycles. The number of primary amides is 1. The van der Waals surface area contributed by atoms with Crippen molar-refractivity contribution in [1.29, 1.82) is 0 Å². The van der Waals surface area contributed by atoms with Crippen molar-refractivity contribution in [3.05, 3.63) is 18.2 Å².